The van der Waals surface area contributed by atoms with Gasteiger partial charge in [0.2, 0.25) is 0 Å². The van der Waals surface area contributed by atoms with Gasteiger partial charge in [0.25, 0.3) is 5.56 Å². The Morgan fingerprint density at radius 3 is 2.78 bits per heavy atom. The first-order valence-electron chi connectivity index (χ1n) is 8.13. The second kappa shape index (κ2) is 5.68. The molecule has 2 aromatic rings. The molecule has 4 nitrogen and oxygen atoms in total. The van der Waals surface area contributed by atoms with Gasteiger partial charge in [-0.2, -0.15) is 0 Å². The highest BCUT2D eigenvalue weighted by Crippen LogP contribution is 2.37. The molecule has 2 heterocycles. The highest BCUT2D eigenvalue weighted by atomic mass is 16.1. The van der Waals surface area contributed by atoms with Crippen molar-refractivity contribution in [1.82, 2.24) is 14.9 Å². The summed E-state index contributed by atoms with van der Waals surface area (Å²) in [6.45, 7) is 2.43. The molecule has 1 N–H and O–H groups in total. The van der Waals surface area contributed by atoms with E-state index >= 15 is 0 Å². The second-order valence-electron chi connectivity index (χ2n) is 6.45. The van der Waals surface area contributed by atoms with Gasteiger partial charge >= 0.3 is 0 Å². The largest absolute Gasteiger partial charge is 0.310 e. The number of aromatic amines is 1. The van der Waals surface area contributed by atoms with Crippen LogP contribution in [-0.2, 0) is 19.5 Å². The fraction of sp³-hybridized carbons (Fsp3) is 0.368. The number of nitrogens with zero attached hydrogens (tertiary/aromatic N) is 2. The molecule has 1 saturated carbocycles. The average molecular weight is 305 g/mol. The van der Waals surface area contributed by atoms with Crippen LogP contribution in [0.5, 0.6) is 0 Å². The number of hydrogen-bond donors (Lipinski definition) is 1. The van der Waals surface area contributed by atoms with Crippen LogP contribution in [0.25, 0.3) is 0 Å². The highest BCUT2D eigenvalue weighted by molar-refractivity contribution is 5.34. The molecule has 1 aromatic carbocycles. The summed E-state index contributed by atoms with van der Waals surface area (Å²) in [6.07, 6.45) is 8.54. The zero-order chi connectivity index (χ0) is 15.8. The number of H-pyrrole nitrogens is 1. The van der Waals surface area contributed by atoms with Gasteiger partial charge in [-0.25, -0.2) is 4.98 Å². The average Bonchev–Trinajstić information content (AvgIpc) is 3.41. The summed E-state index contributed by atoms with van der Waals surface area (Å²) in [7, 11) is 0. The first-order chi connectivity index (χ1) is 11.2. The van der Waals surface area contributed by atoms with Crippen molar-refractivity contribution in [2.45, 2.75) is 38.3 Å². The summed E-state index contributed by atoms with van der Waals surface area (Å²) < 4.78 is 0. The molecule has 4 heteroatoms. The third-order valence-corrected chi connectivity index (χ3v) is 4.66. The lowest BCUT2D eigenvalue weighted by Gasteiger charge is -2.27. The van der Waals surface area contributed by atoms with Crippen LogP contribution in [0.3, 0.4) is 0 Å². The lowest BCUT2D eigenvalue weighted by atomic mass is 10.1. The summed E-state index contributed by atoms with van der Waals surface area (Å²) in [6, 6.07) is 8.04. The normalized spacial score (nSPS) is 17.5. The summed E-state index contributed by atoms with van der Waals surface area (Å²) in [4.78, 5) is 22.3. The minimum atomic E-state index is 0.0456. The minimum Gasteiger partial charge on any atom is -0.310 e. The summed E-state index contributed by atoms with van der Waals surface area (Å²) >= 11 is 0. The van der Waals surface area contributed by atoms with E-state index in [1.807, 2.05) is 12.1 Å². The molecule has 0 radical (unpaired) electrons. The molecule has 2 aliphatic rings. The third kappa shape index (κ3) is 2.93. The Bertz CT molecular complexity index is 825. The highest BCUT2D eigenvalue weighted by Gasteiger charge is 2.29. The van der Waals surface area contributed by atoms with Crippen molar-refractivity contribution >= 4 is 0 Å². The molecule has 1 aromatic heterocycles. The van der Waals surface area contributed by atoms with Crippen LogP contribution >= 0.6 is 0 Å². The van der Waals surface area contributed by atoms with Gasteiger partial charge in [-0.05, 0) is 30.5 Å². The van der Waals surface area contributed by atoms with Crippen molar-refractivity contribution in [3.8, 4) is 12.3 Å². The number of terminal acetylenes is 1. The van der Waals surface area contributed by atoms with E-state index < -0.39 is 0 Å². The maximum absolute atomic E-state index is 12.4. The van der Waals surface area contributed by atoms with Crippen LogP contribution in [-0.4, -0.2) is 21.4 Å². The first-order valence-corrected chi connectivity index (χ1v) is 8.13. The summed E-state index contributed by atoms with van der Waals surface area (Å²) in [5.74, 6) is 4.01. The van der Waals surface area contributed by atoms with Crippen molar-refractivity contribution in [2.75, 3.05) is 6.54 Å². The van der Waals surface area contributed by atoms with Crippen LogP contribution in [0.15, 0.2) is 29.1 Å². The minimum absolute atomic E-state index is 0.0456. The molecule has 0 unspecified atom stereocenters. The van der Waals surface area contributed by atoms with E-state index in [9.17, 15) is 4.79 Å². The SMILES string of the molecule is C#Cc1ccc(CN2CCc3nc(C4CC4)[nH]c(=O)c3C2)cc1. The molecule has 0 atom stereocenters. The standard InChI is InChI=1S/C19H19N3O/c1-2-13-3-5-14(6-4-13)11-22-10-9-17-16(12-22)19(23)21-18(20-17)15-7-8-15/h1,3-6,15H,7-12H2,(H,20,21,23). The number of hydrogen-bond acceptors (Lipinski definition) is 3. The van der Waals surface area contributed by atoms with Crippen LogP contribution in [0, 0.1) is 12.3 Å². The number of benzene rings is 1. The van der Waals surface area contributed by atoms with E-state index in [0.29, 0.717) is 12.5 Å². The molecule has 0 bridgehead atoms. The fourth-order valence-electron chi connectivity index (χ4n) is 3.15. The number of rotatable bonds is 3. The lowest BCUT2D eigenvalue weighted by Crippen LogP contribution is -2.35. The monoisotopic (exact) mass is 305 g/mol. The summed E-state index contributed by atoms with van der Waals surface area (Å²) in [5, 5.41) is 0. The van der Waals surface area contributed by atoms with Crippen LogP contribution in [0.4, 0.5) is 0 Å². The molecular formula is C19H19N3O. The van der Waals surface area contributed by atoms with E-state index in [4.69, 9.17) is 11.4 Å². The van der Waals surface area contributed by atoms with Gasteiger partial charge < -0.3 is 4.98 Å². The van der Waals surface area contributed by atoms with Crippen LogP contribution in [0.2, 0.25) is 0 Å². The van der Waals surface area contributed by atoms with Crippen molar-refractivity contribution in [3.63, 3.8) is 0 Å². The predicted octanol–water partition coefficient (Wildman–Crippen LogP) is 2.19. The van der Waals surface area contributed by atoms with E-state index in [1.54, 1.807) is 0 Å². The van der Waals surface area contributed by atoms with Gasteiger partial charge in [0, 0.05) is 37.5 Å². The first kappa shape index (κ1) is 14.2. The van der Waals surface area contributed by atoms with Gasteiger partial charge in [0.05, 0.1) is 11.3 Å². The Morgan fingerprint density at radius 1 is 1.30 bits per heavy atom. The molecule has 0 saturated heterocycles. The quantitative estimate of drug-likeness (QED) is 0.884. The van der Waals surface area contributed by atoms with E-state index in [1.165, 1.54) is 5.56 Å². The number of fused-ring (bicyclic) bond motifs is 1. The van der Waals surface area contributed by atoms with Gasteiger partial charge in [-0.15, -0.1) is 6.42 Å². The predicted molar refractivity (Wildman–Crippen MR) is 89.0 cm³/mol. The molecule has 1 fully saturated rings. The van der Waals surface area contributed by atoms with Crippen molar-refractivity contribution in [1.29, 1.82) is 0 Å². The van der Waals surface area contributed by atoms with Gasteiger partial charge in [0.15, 0.2) is 0 Å². The summed E-state index contributed by atoms with van der Waals surface area (Å²) in [5.41, 5.74) is 3.98. The number of aromatic nitrogens is 2. The maximum Gasteiger partial charge on any atom is 0.255 e. The molecule has 1 aliphatic carbocycles. The molecule has 4 rings (SSSR count). The Kier molecular flexibility index (Phi) is 3.51. The van der Waals surface area contributed by atoms with Crippen LogP contribution in [0.1, 0.15) is 47.0 Å². The van der Waals surface area contributed by atoms with Crippen molar-refractivity contribution < 1.29 is 0 Å². The molecule has 1 aliphatic heterocycles. The Balaban J connectivity index is 1.52. The lowest BCUT2D eigenvalue weighted by molar-refractivity contribution is 0.241. The van der Waals surface area contributed by atoms with E-state index in [-0.39, 0.29) is 5.56 Å². The van der Waals surface area contributed by atoms with Crippen molar-refractivity contribution in [2.24, 2.45) is 0 Å². The smallest absolute Gasteiger partial charge is 0.255 e. The maximum atomic E-state index is 12.4. The van der Waals surface area contributed by atoms with Crippen molar-refractivity contribution in [3.05, 3.63) is 62.8 Å². The fourth-order valence-corrected chi connectivity index (χ4v) is 3.15. The van der Waals surface area contributed by atoms with E-state index in [2.05, 4.69) is 27.9 Å². The zero-order valence-corrected chi connectivity index (χ0v) is 13.0. The molecule has 23 heavy (non-hydrogen) atoms. The van der Waals surface area contributed by atoms with Gasteiger partial charge in [-0.1, -0.05) is 18.1 Å². The topological polar surface area (TPSA) is 49.0 Å². The van der Waals surface area contributed by atoms with E-state index in [0.717, 1.165) is 55.0 Å². The van der Waals surface area contributed by atoms with Crippen LogP contribution < -0.4 is 5.56 Å². The molecule has 0 amide bonds. The Hall–Kier alpha value is -2.38. The second-order valence-corrected chi connectivity index (χ2v) is 6.45. The Labute approximate surface area is 135 Å². The van der Waals surface area contributed by atoms with Gasteiger partial charge in [-0.3, -0.25) is 9.69 Å². The Morgan fingerprint density at radius 2 is 2.09 bits per heavy atom. The molecule has 0 spiro atoms. The third-order valence-electron chi connectivity index (χ3n) is 4.66. The zero-order valence-electron chi connectivity index (χ0n) is 13.0. The molecule has 116 valence electrons. The van der Waals surface area contributed by atoms with Gasteiger partial charge in [0.1, 0.15) is 5.82 Å². The molecular weight excluding hydrogens is 286 g/mol. The number of nitrogens with one attached hydrogen (secondary N) is 1.